The Labute approximate surface area is 166 Å². The molecule has 0 saturated carbocycles. The maximum absolute atomic E-state index is 12.7. The van der Waals surface area contributed by atoms with Crippen molar-refractivity contribution >= 4 is 0 Å². The zero-order valence-corrected chi connectivity index (χ0v) is 15.5. The molecule has 7 heteroatoms. The molecule has 2 N–H and O–H groups in total. The zero-order valence-electron chi connectivity index (χ0n) is 15.5. The molecule has 0 atom stereocenters. The van der Waals surface area contributed by atoms with Crippen molar-refractivity contribution in [2.45, 2.75) is 13.0 Å². The standard InChI is InChI=1S/C22H20F3NO3/c23-22(24,25)29-19-9-5-4-8-18(19)17-10-11-20(27-13-12-26)21(14-17)28-15-16-6-2-1-3-7-16/h1-11,14H,12-13,15,26H2. The van der Waals surface area contributed by atoms with Crippen LogP contribution in [0.4, 0.5) is 13.2 Å². The Morgan fingerprint density at radius 3 is 2.21 bits per heavy atom. The van der Waals surface area contributed by atoms with E-state index in [1.54, 1.807) is 30.3 Å². The van der Waals surface area contributed by atoms with Crippen LogP contribution in [0, 0.1) is 0 Å². The maximum atomic E-state index is 12.7. The van der Waals surface area contributed by atoms with Crippen LogP contribution in [-0.2, 0) is 6.61 Å². The van der Waals surface area contributed by atoms with E-state index in [-0.39, 0.29) is 19.0 Å². The van der Waals surface area contributed by atoms with Crippen LogP contribution < -0.4 is 19.9 Å². The van der Waals surface area contributed by atoms with Gasteiger partial charge in [0.25, 0.3) is 0 Å². The molecule has 0 bridgehead atoms. The first-order valence-corrected chi connectivity index (χ1v) is 8.95. The predicted molar refractivity (Wildman–Crippen MR) is 104 cm³/mol. The highest BCUT2D eigenvalue weighted by molar-refractivity contribution is 5.72. The van der Waals surface area contributed by atoms with E-state index >= 15 is 0 Å². The summed E-state index contributed by atoms with van der Waals surface area (Å²) in [4.78, 5) is 0. The second-order valence-electron chi connectivity index (χ2n) is 6.12. The number of benzene rings is 3. The summed E-state index contributed by atoms with van der Waals surface area (Å²) in [6.07, 6.45) is -4.78. The van der Waals surface area contributed by atoms with Crippen molar-refractivity contribution in [1.29, 1.82) is 0 Å². The second-order valence-corrected chi connectivity index (χ2v) is 6.12. The fourth-order valence-corrected chi connectivity index (χ4v) is 2.73. The normalized spacial score (nSPS) is 11.2. The third-order valence-electron chi connectivity index (χ3n) is 3.98. The minimum atomic E-state index is -4.78. The van der Waals surface area contributed by atoms with Crippen LogP contribution in [0.15, 0.2) is 72.8 Å². The van der Waals surface area contributed by atoms with E-state index in [2.05, 4.69) is 4.74 Å². The summed E-state index contributed by atoms with van der Waals surface area (Å²) in [5, 5.41) is 0. The fraction of sp³-hybridized carbons (Fsp3) is 0.182. The Kier molecular flexibility index (Phi) is 6.61. The van der Waals surface area contributed by atoms with Crippen molar-refractivity contribution in [2.24, 2.45) is 5.73 Å². The Hall–Kier alpha value is -3.19. The first-order valence-electron chi connectivity index (χ1n) is 8.95. The van der Waals surface area contributed by atoms with Gasteiger partial charge in [-0.15, -0.1) is 13.2 Å². The van der Waals surface area contributed by atoms with E-state index in [1.807, 2.05) is 30.3 Å². The van der Waals surface area contributed by atoms with E-state index in [0.29, 0.717) is 29.2 Å². The van der Waals surface area contributed by atoms with Crippen LogP contribution >= 0.6 is 0 Å². The lowest BCUT2D eigenvalue weighted by molar-refractivity contribution is -0.274. The van der Waals surface area contributed by atoms with Gasteiger partial charge in [-0.2, -0.15) is 0 Å². The molecule has 0 aromatic heterocycles. The number of nitrogens with two attached hydrogens (primary N) is 1. The smallest absolute Gasteiger partial charge is 0.488 e. The Bertz CT molecular complexity index is 930. The molecule has 0 aliphatic rings. The quantitative estimate of drug-likeness (QED) is 0.564. The third kappa shape index (κ3) is 5.89. The van der Waals surface area contributed by atoms with Crippen molar-refractivity contribution in [2.75, 3.05) is 13.2 Å². The molecule has 0 heterocycles. The van der Waals surface area contributed by atoms with E-state index in [9.17, 15) is 13.2 Å². The average Bonchev–Trinajstić information content (AvgIpc) is 2.71. The van der Waals surface area contributed by atoms with Crippen molar-refractivity contribution < 1.29 is 27.4 Å². The van der Waals surface area contributed by atoms with Gasteiger partial charge in [0.15, 0.2) is 11.5 Å². The maximum Gasteiger partial charge on any atom is 0.573 e. The van der Waals surface area contributed by atoms with Gasteiger partial charge in [-0.25, -0.2) is 0 Å². The summed E-state index contributed by atoms with van der Waals surface area (Å²) in [5.74, 6) is 0.579. The van der Waals surface area contributed by atoms with Gasteiger partial charge >= 0.3 is 6.36 Å². The molecule has 0 fully saturated rings. The number of alkyl halides is 3. The summed E-state index contributed by atoms with van der Waals surface area (Å²) in [5.41, 5.74) is 7.25. The summed E-state index contributed by atoms with van der Waals surface area (Å²) in [6, 6.07) is 20.4. The van der Waals surface area contributed by atoms with Crippen LogP contribution in [0.3, 0.4) is 0 Å². The van der Waals surface area contributed by atoms with Gasteiger partial charge in [0.05, 0.1) is 0 Å². The lowest BCUT2D eigenvalue weighted by Crippen LogP contribution is -2.17. The van der Waals surface area contributed by atoms with Crippen molar-refractivity contribution in [3.63, 3.8) is 0 Å². The van der Waals surface area contributed by atoms with Crippen LogP contribution in [0.5, 0.6) is 17.2 Å². The summed E-state index contributed by atoms with van der Waals surface area (Å²) >= 11 is 0. The lowest BCUT2D eigenvalue weighted by Gasteiger charge is -2.16. The topological polar surface area (TPSA) is 53.7 Å². The molecule has 3 aromatic carbocycles. The predicted octanol–water partition coefficient (Wildman–Crippen LogP) is 5.17. The van der Waals surface area contributed by atoms with Crippen LogP contribution in [0.1, 0.15) is 5.56 Å². The van der Waals surface area contributed by atoms with Gasteiger partial charge in [0.2, 0.25) is 0 Å². The van der Waals surface area contributed by atoms with Gasteiger partial charge < -0.3 is 19.9 Å². The lowest BCUT2D eigenvalue weighted by atomic mass is 10.0. The van der Waals surface area contributed by atoms with Gasteiger partial charge in [-0.3, -0.25) is 0 Å². The van der Waals surface area contributed by atoms with Gasteiger partial charge in [0, 0.05) is 12.1 Å². The third-order valence-corrected chi connectivity index (χ3v) is 3.98. The molecule has 0 aliphatic carbocycles. The summed E-state index contributed by atoms with van der Waals surface area (Å²) in [7, 11) is 0. The number of hydrogen-bond donors (Lipinski definition) is 1. The van der Waals surface area contributed by atoms with Gasteiger partial charge in [-0.1, -0.05) is 54.6 Å². The van der Waals surface area contributed by atoms with E-state index < -0.39 is 6.36 Å². The molecule has 152 valence electrons. The number of ether oxygens (including phenoxy) is 3. The summed E-state index contributed by atoms with van der Waals surface area (Å²) in [6.45, 7) is 0.890. The number of para-hydroxylation sites is 1. The molecule has 0 radical (unpaired) electrons. The number of halogens is 3. The van der Waals surface area contributed by atoms with E-state index in [0.717, 1.165) is 5.56 Å². The monoisotopic (exact) mass is 403 g/mol. The molecular weight excluding hydrogens is 383 g/mol. The first-order chi connectivity index (χ1) is 14.0. The zero-order chi connectivity index (χ0) is 20.7. The Morgan fingerprint density at radius 1 is 0.759 bits per heavy atom. The highest BCUT2D eigenvalue weighted by atomic mass is 19.4. The highest BCUT2D eigenvalue weighted by Crippen LogP contribution is 2.38. The summed E-state index contributed by atoms with van der Waals surface area (Å²) < 4.78 is 53.9. The van der Waals surface area contributed by atoms with Crippen LogP contribution in [-0.4, -0.2) is 19.5 Å². The number of rotatable bonds is 8. The van der Waals surface area contributed by atoms with Crippen molar-refractivity contribution in [1.82, 2.24) is 0 Å². The molecule has 29 heavy (non-hydrogen) atoms. The van der Waals surface area contributed by atoms with Gasteiger partial charge in [0.1, 0.15) is 19.0 Å². The minimum absolute atomic E-state index is 0.282. The Balaban J connectivity index is 1.92. The van der Waals surface area contributed by atoms with Crippen LogP contribution in [0.25, 0.3) is 11.1 Å². The highest BCUT2D eigenvalue weighted by Gasteiger charge is 2.32. The van der Waals surface area contributed by atoms with Gasteiger partial charge in [-0.05, 0) is 29.3 Å². The largest absolute Gasteiger partial charge is 0.573 e. The Morgan fingerprint density at radius 2 is 1.48 bits per heavy atom. The van der Waals surface area contributed by atoms with E-state index in [4.69, 9.17) is 15.2 Å². The molecule has 0 spiro atoms. The molecule has 0 unspecified atom stereocenters. The molecule has 3 aromatic rings. The minimum Gasteiger partial charge on any atom is -0.488 e. The molecule has 4 nitrogen and oxygen atoms in total. The van der Waals surface area contributed by atoms with E-state index in [1.165, 1.54) is 12.1 Å². The SMILES string of the molecule is NCCOc1ccc(-c2ccccc2OC(F)(F)F)cc1OCc1ccccc1. The molecule has 0 amide bonds. The molecule has 0 aliphatic heterocycles. The van der Waals surface area contributed by atoms with Crippen LogP contribution in [0.2, 0.25) is 0 Å². The fourth-order valence-electron chi connectivity index (χ4n) is 2.73. The van der Waals surface area contributed by atoms with Crippen molar-refractivity contribution in [3.05, 3.63) is 78.4 Å². The first kappa shape index (κ1) is 20.5. The average molecular weight is 403 g/mol. The second kappa shape index (κ2) is 9.34. The van der Waals surface area contributed by atoms with Crippen molar-refractivity contribution in [3.8, 4) is 28.4 Å². The number of hydrogen-bond acceptors (Lipinski definition) is 4. The molecule has 3 rings (SSSR count). The molecule has 0 saturated heterocycles. The molecular formula is C22H20F3NO3.